The highest BCUT2D eigenvalue weighted by Crippen LogP contribution is 2.32. The molecular weight excluding hydrogens is 304 g/mol. The van der Waals surface area contributed by atoms with Crippen molar-refractivity contribution in [2.24, 2.45) is 7.05 Å². The van der Waals surface area contributed by atoms with Crippen LogP contribution in [0.15, 0.2) is 41.6 Å². The van der Waals surface area contributed by atoms with Gasteiger partial charge in [-0.15, -0.1) is 0 Å². The number of imidazole rings is 1. The predicted molar refractivity (Wildman–Crippen MR) is 90.7 cm³/mol. The average molecular weight is 320 g/mol. The Morgan fingerprint density at radius 2 is 1.83 bits per heavy atom. The molecule has 0 atom stereocenters. The van der Waals surface area contributed by atoms with E-state index >= 15 is 0 Å². The van der Waals surface area contributed by atoms with Crippen LogP contribution in [-0.4, -0.2) is 29.4 Å². The molecule has 0 aliphatic heterocycles. The molecule has 1 N–H and O–H groups in total. The van der Waals surface area contributed by atoms with Crippen molar-refractivity contribution in [2.75, 3.05) is 0 Å². The van der Waals surface area contributed by atoms with Crippen molar-refractivity contribution in [3.05, 3.63) is 58.5 Å². The Bertz CT molecular complexity index is 1100. The van der Waals surface area contributed by atoms with E-state index in [1.54, 1.807) is 15.4 Å². The zero-order valence-electron chi connectivity index (χ0n) is 13.6. The van der Waals surface area contributed by atoms with Gasteiger partial charge in [0, 0.05) is 18.2 Å². The van der Waals surface area contributed by atoms with Crippen molar-refractivity contribution in [1.29, 1.82) is 0 Å². The van der Waals surface area contributed by atoms with Gasteiger partial charge >= 0.3 is 0 Å². The van der Waals surface area contributed by atoms with Crippen LogP contribution in [0.3, 0.4) is 0 Å². The fraction of sp³-hybridized carbons (Fsp3) is 0.176. The number of benzene rings is 1. The van der Waals surface area contributed by atoms with Gasteiger partial charge in [0.1, 0.15) is 17.8 Å². The molecule has 3 heterocycles. The number of hydrogen-bond acceptors (Lipinski definition) is 4. The quantitative estimate of drug-likeness (QED) is 0.613. The minimum Gasteiger partial charge on any atom is -0.310 e. The van der Waals surface area contributed by atoms with Gasteiger partial charge in [0.25, 0.3) is 5.56 Å². The van der Waals surface area contributed by atoms with E-state index in [0.29, 0.717) is 17.0 Å². The Kier molecular flexibility index (Phi) is 3.09. The average Bonchev–Trinajstić information content (AvgIpc) is 3.10. The lowest BCUT2D eigenvalue weighted by atomic mass is 10.0. The molecule has 3 aromatic heterocycles. The summed E-state index contributed by atoms with van der Waals surface area (Å²) >= 11 is 0. The number of rotatable bonds is 2. The van der Waals surface area contributed by atoms with E-state index in [1.165, 1.54) is 11.9 Å². The Morgan fingerprint density at radius 3 is 2.58 bits per heavy atom. The topological polar surface area (TPSA) is 80.9 Å². The first kappa shape index (κ1) is 14.4. The second-order valence-electron chi connectivity index (χ2n) is 5.78. The minimum absolute atomic E-state index is 0.223. The fourth-order valence-electron chi connectivity index (χ4n) is 2.94. The first-order valence-corrected chi connectivity index (χ1v) is 7.58. The number of fused-ring (bicyclic) bond motifs is 1. The molecule has 0 fully saturated rings. The van der Waals surface area contributed by atoms with Crippen LogP contribution in [0, 0.1) is 13.8 Å². The minimum atomic E-state index is -0.223. The van der Waals surface area contributed by atoms with E-state index < -0.39 is 0 Å². The number of aromatic amines is 1. The largest absolute Gasteiger partial charge is 0.310 e. The molecule has 24 heavy (non-hydrogen) atoms. The highest BCUT2D eigenvalue weighted by Gasteiger charge is 2.20. The van der Waals surface area contributed by atoms with Crippen LogP contribution in [0.4, 0.5) is 0 Å². The third-order valence-corrected chi connectivity index (χ3v) is 4.12. The molecule has 1 aromatic carbocycles. The van der Waals surface area contributed by atoms with Gasteiger partial charge in [-0.05, 0) is 13.8 Å². The third kappa shape index (κ3) is 2.05. The van der Waals surface area contributed by atoms with Crippen molar-refractivity contribution < 1.29 is 0 Å². The third-order valence-electron chi connectivity index (χ3n) is 4.12. The van der Waals surface area contributed by atoms with Gasteiger partial charge < -0.3 is 4.98 Å². The normalized spacial score (nSPS) is 11.3. The van der Waals surface area contributed by atoms with Crippen molar-refractivity contribution >= 4 is 5.52 Å². The van der Waals surface area contributed by atoms with Crippen LogP contribution in [-0.2, 0) is 7.05 Å². The summed E-state index contributed by atoms with van der Waals surface area (Å²) in [5.74, 6) is 0.657. The lowest BCUT2D eigenvalue weighted by Gasteiger charge is -2.06. The summed E-state index contributed by atoms with van der Waals surface area (Å²) in [4.78, 5) is 19.5. The SMILES string of the molecule is Cc1ccc(-c2c(-c3nc(C)n4nc[nH]c(=O)c34)cnn2C)cc1. The molecule has 0 aliphatic carbocycles. The second-order valence-corrected chi connectivity index (χ2v) is 5.78. The summed E-state index contributed by atoms with van der Waals surface area (Å²) < 4.78 is 3.35. The van der Waals surface area contributed by atoms with Gasteiger partial charge in [-0.2, -0.15) is 10.2 Å². The van der Waals surface area contributed by atoms with E-state index in [1.807, 2.05) is 33.0 Å². The number of nitrogens with zero attached hydrogens (tertiary/aromatic N) is 5. The first-order valence-electron chi connectivity index (χ1n) is 7.58. The molecule has 0 radical (unpaired) electrons. The molecule has 0 spiro atoms. The van der Waals surface area contributed by atoms with E-state index in [2.05, 4.69) is 32.3 Å². The molecule has 7 nitrogen and oxygen atoms in total. The molecule has 0 saturated heterocycles. The molecule has 4 aromatic rings. The van der Waals surface area contributed by atoms with Gasteiger partial charge in [0.05, 0.1) is 11.9 Å². The van der Waals surface area contributed by atoms with Gasteiger partial charge in [-0.1, -0.05) is 29.8 Å². The number of nitrogens with one attached hydrogen (secondary N) is 1. The van der Waals surface area contributed by atoms with Crippen LogP contribution in [0.1, 0.15) is 11.4 Å². The standard InChI is InChI=1S/C17H16N6O/c1-10-4-6-12(7-5-10)15-13(8-19-22(15)3)14-16-17(24)18-9-20-23(16)11(2)21-14/h4-9H,1-3H3,(H,18,20,24). The van der Waals surface area contributed by atoms with Gasteiger partial charge in [0.2, 0.25) is 0 Å². The molecule has 0 aliphatic rings. The fourth-order valence-corrected chi connectivity index (χ4v) is 2.94. The Balaban J connectivity index is 2.03. The van der Waals surface area contributed by atoms with E-state index in [9.17, 15) is 4.79 Å². The molecule has 0 unspecified atom stereocenters. The van der Waals surface area contributed by atoms with Crippen molar-refractivity contribution in [3.63, 3.8) is 0 Å². The Hall–Kier alpha value is -3.22. The number of aryl methyl sites for hydroxylation is 3. The first-order chi connectivity index (χ1) is 11.6. The smallest absolute Gasteiger partial charge is 0.277 e. The molecule has 4 rings (SSSR count). The van der Waals surface area contributed by atoms with Crippen LogP contribution < -0.4 is 5.56 Å². The van der Waals surface area contributed by atoms with Gasteiger partial charge in [0.15, 0.2) is 5.52 Å². The molecule has 0 bridgehead atoms. The zero-order valence-corrected chi connectivity index (χ0v) is 13.6. The molecular formula is C17H16N6O. The van der Waals surface area contributed by atoms with E-state index in [4.69, 9.17) is 0 Å². The lowest BCUT2D eigenvalue weighted by molar-refractivity contribution is 0.776. The maximum absolute atomic E-state index is 12.3. The summed E-state index contributed by atoms with van der Waals surface area (Å²) in [5, 5.41) is 8.55. The molecule has 120 valence electrons. The van der Waals surface area contributed by atoms with Crippen molar-refractivity contribution in [2.45, 2.75) is 13.8 Å². The molecule has 0 amide bonds. The lowest BCUT2D eigenvalue weighted by Crippen LogP contribution is -2.11. The summed E-state index contributed by atoms with van der Waals surface area (Å²) in [6, 6.07) is 8.20. The second kappa shape index (κ2) is 5.16. The van der Waals surface area contributed by atoms with Crippen molar-refractivity contribution in [1.82, 2.24) is 29.4 Å². The predicted octanol–water partition coefficient (Wildman–Crippen LogP) is 2.10. The van der Waals surface area contributed by atoms with Crippen LogP contribution in [0.2, 0.25) is 0 Å². The van der Waals surface area contributed by atoms with Gasteiger partial charge in [-0.25, -0.2) is 9.50 Å². The maximum Gasteiger partial charge on any atom is 0.277 e. The zero-order chi connectivity index (χ0) is 16.8. The summed E-state index contributed by atoms with van der Waals surface area (Å²) in [7, 11) is 1.88. The van der Waals surface area contributed by atoms with Crippen LogP contribution >= 0.6 is 0 Å². The summed E-state index contributed by atoms with van der Waals surface area (Å²) in [5.41, 5.74) is 4.73. The van der Waals surface area contributed by atoms with Gasteiger partial charge in [-0.3, -0.25) is 9.48 Å². The maximum atomic E-state index is 12.3. The number of hydrogen-bond donors (Lipinski definition) is 1. The summed E-state index contributed by atoms with van der Waals surface area (Å²) in [6.07, 6.45) is 3.11. The van der Waals surface area contributed by atoms with Crippen LogP contribution in [0.5, 0.6) is 0 Å². The highest BCUT2D eigenvalue weighted by atomic mass is 16.1. The van der Waals surface area contributed by atoms with E-state index in [0.717, 1.165) is 16.8 Å². The highest BCUT2D eigenvalue weighted by molar-refractivity contribution is 5.86. The number of aromatic nitrogens is 6. The summed E-state index contributed by atoms with van der Waals surface area (Å²) in [6.45, 7) is 3.87. The Morgan fingerprint density at radius 1 is 1.08 bits per heavy atom. The van der Waals surface area contributed by atoms with E-state index in [-0.39, 0.29) is 5.56 Å². The van der Waals surface area contributed by atoms with Crippen molar-refractivity contribution in [3.8, 4) is 22.5 Å². The molecule has 7 heteroatoms. The van der Waals surface area contributed by atoms with Crippen LogP contribution in [0.25, 0.3) is 28.0 Å². The molecule has 0 saturated carbocycles. The Labute approximate surface area is 137 Å². The number of H-pyrrole nitrogens is 1. The monoisotopic (exact) mass is 320 g/mol.